The molecule has 12 heavy (non-hydrogen) atoms. The molecule has 0 atom stereocenters. The molecule has 0 spiro atoms. The third-order valence-corrected chi connectivity index (χ3v) is 1.44. The van der Waals surface area contributed by atoms with Crippen molar-refractivity contribution in [2.45, 2.75) is 0 Å². The molecule has 66 valence electrons. The molecule has 0 aliphatic carbocycles. The van der Waals surface area contributed by atoms with Crippen LogP contribution in [0.1, 0.15) is 0 Å². The molecule has 6 N–H and O–H groups in total. The Morgan fingerprint density at radius 1 is 1.08 bits per heavy atom. The van der Waals surface area contributed by atoms with Gasteiger partial charge in [0, 0.05) is 14.1 Å². The van der Waals surface area contributed by atoms with E-state index in [0.717, 1.165) is 0 Å². The predicted molar refractivity (Wildman–Crippen MR) is 50.0 cm³/mol. The SMILES string of the molecule is CNc1nc(N)nc(N)c1NC. The summed E-state index contributed by atoms with van der Waals surface area (Å²) in [6.07, 6.45) is 0. The number of anilines is 4. The minimum atomic E-state index is 0.163. The maximum absolute atomic E-state index is 5.57. The first-order valence-corrected chi connectivity index (χ1v) is 3.47. The maximum atomic E-state index is 5.57. The Labute approximate surface area is 70.4 Å². The Hall–Kier alpha value is -1.72. The summed E-state index contributed by atoms with van der Waals surface area (Å²) in [5.74, 6) is 1.10. The van der Waals surface area contributed by atoms with Gasteiger partial charge in [-0.05, 0) is 0 Å². The molecule has 0 unspecified atom stereocenters. The van der Waals surface area contributed by atoms with Crippen molar-refractivity contribution in [1.82, 2.24) is 9.97 Å². The first-order chi connectivity index (χ1) is 5.69. The van der Waals surface area contributed by atoms with E-state index in [1.165, 1.54) is 0 Å². The van der Waals surface area contributed by atoms with Gasteiger partial charge < -0.3 is 22.1 Å². The molecule has 0 fully saturated rings. The van der Waals surface area contributed by atoms with Gasteiger partial charge in [0.1, 0.15) is 5.69 Å². The van der Waals surface area contributed by atoms with Crippen LogP contribution < -0.4 is 22.1 Å². The average molecular weight is 168 g/mol. The van der Waals surface area contributed by atoms with Gasteiger partial charge in [-0.15, -0.1) is 0 Å². The third-order valence-electron chi connectivity index (χ3n) is 1.44. The van der Waals surface area contributed by atoms with Crippen LogP contribution in [0.3, 0.4) is 0 Å². The molecule has 6 nitrogen and oxygen atoms in total. The highest BCUT2D eigenvalue weighted by atomic mass is 15.1. The van der Waals surface area contributed by atoms with Crippen molar-refractivity contribution in [1.29, 1.82) is 0 Å². The summed E-state index contributed by atoms with van der Waals surface area (Å²) in [6.45, 7) is 0. The van der Waals surface area contributed by atoms with Crippen molar-refractivity contribution in [3.05, 3.63) is 0 Å². The van der Waals surface area contributed by atoms with E-state index >= 15 is 0 Å². The molecule has 1 heterocycles. The van der Waals surface area contributed by atoms with Gasteiger partial charge in [-0.25, -0.2) is 0 Å². The lowest BCUT2D eigenvalue weighted by atomic mass is 10.4. The average Bonchev–Trinajstić information content (AvgIpc) is 2.03. The second-order valence-corrected chi connectivity index (χ2v) is 2.19. The lowest BCUT2D eigenvalue weighted by Gasteiger charge is -2.09. The molecule has 0 radical (unpaired) electrons. The summed E-state index contributed by atoms with van der Waals surface area (Å²) in [5.41, 5.74) is 11.6. The summed E-state index contributed by atoms with van der Waals surface area (Å²) in [5, 5.41) is 5.73. The lowest BCUT2D eigenvalue weighted by molar-refractivity contribution is 1.18. The van der Waals surface area contributed by atoms with Crippen LogP contribution in [0.2, 0.25) is 0 Å². The highest BCUT2D eigenvalue weighted by Gasteiger charge is 2.07. The zero-order valence-corrected chi connectivity index (χ0v) is 7.05. The molecule has 0 aliphatic rings. The monoisotopic (exact) mass is 168 g/mol. The highest BCUT2D eigenvalue weighted by Crippen LogP contribution is 2.24. The molecule has 0 saturated carbocycles. The summed E-state index contributed by atoms with van der Waals surface area (Å²) in [6, 6.07) is 0. The van der Waals surface area contributed by atoms with Gasteiger partial charge in [0.15, 0.2) is 11.6 Å². The first-order valence-electron chi connectivity index (χ1n) is 3.47. The number of aromatic nitrogens is 2. The van der Waals surface area contributed by atoms with Crippen molar-refractivity contribution >= 4 is 23.3 Å². The zero-order chi connectivity index (χ0) is 9.14. The van der Waals surface area contributed by atoms with Crippen LogP contribution in [0.25, 0.3) is 0 Å². The van der Waals surface area contributed by atoms with Crippen molar-refractivity contribution < 1.29 is 0 Å². The largest absolute Gasteiger partial charge is 0.382 e. The van der Waals surface area contributed by atoms with Gasteiger partial charge in [-0.2, -0.15) is 9.97 Å². The fraction of sp³-hybridized carbons (Fsp3) is 0.333. The number of hydrogen-bond donors (Lipinski definition) is 4. The van der Waals surface area contributed by atoms with Crippen molar-refractivity contribution in [2.24, 2.45) is 0 Å². The molecule has 1 aromatic rings. The van der Waals surface area contributed by atoms with E-state index in [0.29, 0.717) is 17.3 Å². The molecular weight excluding hydrogens is 156 g/mol. The summed E-state index contributed by atoms with van der Waals surface area (Å²) in [7, 11) is 3.48. The quantitative estimate of drug-likeness (QED) is 0.484. The van der Waals surface area contributed by atoms with E-state index in [-0.39, 0.29) is 5.95 Å². The molecule has 0 aromatic carbocycles. The number of nitrogens with zero attached hydrogens (tertiary/aromatic N) is 2. The van der Waals surface area contributed by atoms with E-state index in [9.17, 15) is 0 Å². The molecular formula is C6H12N6. The van der Waals surface area contributed by atoms with Crippen molar-refractivity contribution in [3.63, 3.8) is 0 Å². The van der Waals surface area contributed by atoms with E-state index < -0.39 is 0 Å². The Morgan fingerprint density at radius 2 is 1.75 bits per heavy atom. The van der Waals surface area contributed by atoms with E-state index in [1.54, 1.807) is 14.1 Å². The van der Waals surface area contributed by atoms with Crippen LogP contribution in [0.4, 0.5) is 23.3 Å². The minimum absolute atomic E-state index is 0.163. The summed E-state index contributed by atoms with van der Waals surface area (Å²) in [4.78, 5) is 7.73. The molecule has 1 rings (SSSR count). The van der Waals surface area contributed by atoms with Crippen LogP contribution in [-0.4, -0.2) is 24.1 Å². The van der Waals surface area contributed by atoms with E-state index in [1.807, 2.05) is 0 Å². The predicted octanol–water partition coefficient (Wildman–Crippen LogP) is -0.276. The Morgan fingerprint density at radius 3 is 2.25 bits per heavy atom. The minimum Gasteiger partial charge on any atom is -0.382 e. The topological polar surface area (TPSA) is 102 Å². The Bertz CT molecular complexity index is 284. The molecule has 0 saturated heterocycles. The molecule has 0 amide bonds. The van der Waals surface area contributed by atoms with Gasteiger partial charge in [0.25, 0.3) is 0 Å². The zero-order valence-electron chi connectivity index (χ0n) is 7.05. The molecule has 1 aromatic heterocycles. The second kappa shape index (κ2) is 3.12. The number of rotatable bonds is 2. The maximum Gasteiger partial charge on any atom is 0.224 e. The molecule has 6 heteroatoms. The van der Waals surface area contributed by atoms with Crippen LogP contribution in [0.5, 0.6) is 0 Å². The smallest absolute Gasteiger partial charge is 0.224 e. The Kier molecular flexibility index (Phi) is 2.18. The van der Waals surface area contributed by atoms with Crippen LogP contribution in [0, 0.1) is 0 Å². The summed E-state index contributed by atoms with van der Waals surface area (Å²) >= 11 is 0. The van der Waals surface area contributed by atoms with Gasteiger partial charge in [0.2, 0.25) is 5.95 Å². The number of nitrogen functional groups attached to an aromatic ring is 2. The number of hydrogen-bond acceptors (Lipinski definition) is 6. The van der Waals surface area contributed by atoms with Crippen LogP contribution in [-0.2, 0) is 0 Å². The van der Waals surface area contributed by atoms with Gasteiger partial charge in [0.05, 0.1) is 0 Å². The van der Waals surface area contributed by atoms with Crippen molar-refractivity contribution in [3.8, 4) is 0 Å². The normalized spacial score (nSPS) is 9.50. The highest BCUT2D eigenvalue weighted by molar-refractivity contribution is 5.76. The van der Waals surface area contributed by atoms with E-state index in [4.69, 9.17) is 11.5 Å². The van der Waals surface area contributed by atoms with Crippen LogP contribution in [0.15, 0.2) is 0 Å². The second-order valence-electron chi connectivity index (χ2n) is 2.19. The molecule has 0 bridgehead atoms. The summed E-state index contributed by atoms with van der Waals surface area (Å²) < 4.78 is 0. The standard InChI is InChI=1S/C6H12N6/c1-9-3-4(7)11-6(8)12-5(3)10-2/h9H,1-2H3,(H5,7,8,10,11,12). The van der Waals surface area contributed by atoms with Gasteiger partial charge >= 0.3 is 0 Å². The number of nitrogens with one attached hydrogen (secondary N) is 2. The Balaban J connectivity index is 3.24. The van der Waals surface area contributed by atoms with E-state index in [2.05, 4.69) is 20.6 Å². The van der Waals surface area contributed by atoms with Gasteiger partial charge in [-0.3, -0.25) is 0 Å². The van der Waals surface area contributed by atoms with Gasteiger partial charge in [-0.1, -0.05) is 0 Å². The lowest BCUT2D eigenvalue weighted by Crippen LogP contribution is -2.08. The number of nitrogens with two attached hydrogens (primary N) is 2. The van der Waals surface area contributed by atoms with Crippen molar-refractivity contribution in [2.75, 3.05) is 36.2 Å². The molecule has 0 aliphatic heterocycles. The van der Waals surface area contributed by atoms with Crippen LogP contribution >= 0.6 is 0 Å². The third kappa shape index (κ3) is 1.31. The first kappa shape index (κ1) is 8.38. The fourth-order valence-corrected chi connectivity index (χ4v) is 0.923. The fourth-order valence-electron chi connectivity index (χ4n) is 0.923.